The Morgan fingerprint density at radius 1 is 1.37 bits per heavy atom. The second-order valence-corrected chi connectivity index (χ2v) is 5.30. The third kappa shape index (κ3) is 2.68. The Kier molecular flexibility index (Phi) is 3.34. The van der Waals surface area contributed by atoms with Gasteiger partial charge in [-0.3, -0.25) is 0 Å². The Morgan fingerprint density at radius 3 is 2.84 bits per heavy atom. The van der Waals surface area contributed by atoms with E-state index in [9.17, 15) is 0 Å². The van der Waals surface area contributed by atoms with Crippen LogP contribution in [0.3, 0.4) is 0 Å². The average molecular weight is 279 g/mol. The number of ether oxygens (including phenoxy) is 1. The van der Waals surface area contributed by atoms with Gasteiger partial charge in [-0.05, 0) is 37.0 Å². The van der Waals surface area contributed by atoms with Crippen LogP contribution in [-0.4, -0.2) is 11.8 Å². The molecular weight excluding hydrogens is 264 g/mol. The zero-order valence-electron chi connectivity index (χ0n) is 10.4. The molecule has 4 nitrogen and oxygen atoms in total. The highest BCUT2D eigenvalue weighted by Crippen LogP contribution is 2.34. The fourth-order valence-corrected chi connectivity index (χ4v) is 2.28. The molecule has 0 aliphatic heterocycles. The lowest BCUT2D eigenvalue weighted by molar-refractivity contribution is 0.181. The molecule has 1 saturated carbocycles. The van der Waals surface area contributed by atoms with E-state index in [2.05, 4.69) is 5.16 Å². The third-order valence-electron chi connectivity index (χ3n) is 3.45. The van der Waals surface area contributed by atoms with Gasteiger partial charge in [0, 0.05) is 16.7 Å². The van der Waals surface area contributed by atoms with Crippen LogP contribution in [-0.2, 0) is 0 Å². The van der Waals surface area contributed by atoms with E-state index in [0.717, 1.165) is 17.9 Å². The number of benzene rings is 1. The number of hydrogen-bond acceptors (Lipinski definition) is 4. The molecule has 1 heterocycles. The van der Waals surface area contributed by atoms with Crippen molar-refractivity contribution in [3.63, 3.8) is 0 Å². The van der Waals surface area contributed by atoms with Gasteiger partial charge in [0.05, 0.1) is 6.61 Å². The first-order chi connectivity index (χ1) is 9.22. The summed E-state index contributed by atoms with van der Waals surface area (Å²) in [5.74, 6) is 1.72. The van der Waals surface area contributed by atoms with E-state index in [1.54, 1.807) is 6.07 Å². The Morgan fingerprint density at radius 2 is 2.21 bits per heavy atom. The van der Waals surface area contributed by atoms with Crippen molar-refractivity contribution in [1.29, 1.82) is 0 Å². The zero-order valence-corrected chi connectivity index (χ0v) is 11.2. The maximum Gasteiger partial charge on any atom is 0.222 e. The molecule has 19 heavy (non-hydrogen) atoms. The SMILES string of the molecule is Nc1cc(-c2cc(Cl)ccc2OCC2CCC2)no1. The summed E-state index contributed by atoms with van der Waals surface area (Å²) in [5, 5.41) is 4.54. The average Bonchev–Trinajstić information content (AvgIpc) is 2.75. The smallest absolute Gasteiger partial charge is 0.222 e. The molecule has 0 spiro atoms. The fourth-order valence-electron chi connectivity index (χ4n) is 2.11. The molecule has 2 N–H and O–H groups in total. The number of aromatic nitrogens is 1. The number of rotatable bonds is 4. The second kappa shape index (κ2) is 5.13. The largest absolute Gasteiger partial charge is 0.493 e. The van der Waals surface area contributed by atoms with Crippen LogP contribution >= 0.6 is 11.6 Å². The maximum absolute atomic E-state index is 6.03. The van der Waals surface area contributed by atoms with Crippen LogP contribution in [0.5, 0.6) is 5.75 Å². The van der Waals surface area contributed by atoms with Crippen LogP contribution in [0.2, 0.25) is 5.02 Å². The van der Waals surface area contributed by atoms with E-state index in [-0.39, 0.29) is 5.88 Å². The molecule has 0 amide bonds. The van der Waals surface area contributed by atoms with Gasteiger partial charge in [-0.15, -0.1) is 0 Å². The van der Waals surface area contributed by atoms with E-state index < -0.39 is 0 Å². The van der Waals surface area contributed by atoms with Crippen LogP contribution in [0.15, 0.2) is 28.8 Å². The summed E-state index contributed by atoms with van der Waals surface area (Å²) in [6.45, 7) is 0.738. The van der Waals surface area contributed by atoms with Gasteiger partial charge >= 0.3 is 0 Å². The molecule has 0 bridgehead atoms. The predicted molar refractivity (Wildman–Crippen MR) is 74.2 cm³/mol. The molecule has 1 fully saturated rings. The highest BCUT2D eigenvalue weighted by Gasteiger charge is 2.19. The van der Waals surface area contributed by atoms with E-state index in [0.29, 0.717) is 16.6 Å². The Hall–Kier alpha value is -1.68. The van der Waals surface area contributed by atoms with Gasteiger partial charge in [0.1, 0.15) is 11.4 Å². The lowest BCUT2D eigenvalue weighted by atomic mass is 9.86. The van der Waals surface area contributed by atoms with Gasteiger partial charge in [0.2, 0.25) is 5.88 Å². The minimum Gasteiger partial charge on any atom is -0.493 e. The Balaban J connectivity index is 1.85. The Labute approximate surface area is 116 Å². The topological polar surface area (TPSA) is 61.3 Å². The lowest BCUT2D eigenvalue weighted by Gasteiger charge is -2.25. The first kappa shape index (κ1) is 12.4. The summed E-state index contributed by atoms with van der Waals surface area (Å²) in [4.78, 5) is 0. The predicted octanol–water partition coefficient (Wildman–Crippen LogP) is 3.76. The minimum atomic E-state index is 0.278. The number of hydrogen-bond donors (Lipinski definition) is 1. The molecule has 2 aromatic rings. The van der Waals surface area contributed by atoms with Crippen molar-refractivity contribution in [2.75, 3.05) is 12.3 Å². The van der Waals surface area contributed by atoms with Crippen LogP contribution in [0.4, 0.5) is 5.88 Å². The summed E-state index contributed by atoms with van der Waals surface area (Å²) < 4.78 is 10.8. The van der Waals surface area contributed by atoms with Crippen molar-refractivity contribution in [2.24, 2.45) is 5.92 Å². The van der Waals surface area contributed by atoms with E-state index in [1.807, 2.05) is 18.2 Å². The number of anilines is 1. The highest BCUT2D eigenvalue weighted by molar-refractivity contribution is 6.30. The van der Waals surface area contributed by atoms with E-state index in [4.69, 9.17) is 26.6 Å². The summed E-state index contributed by atoms with van der Waals surface area (Å²) in [5.41, 5.74) is 7.01. The number of nitrogen functional groups attached to an aromatic ring is 1. The van der Waals surface area contributed by atoms with Gasteiger partial charge in [-0.2, -0.15) is 0 Å². The minimum absolute atomic E-state index is 0.278. The van der Waals surface area contributed by atoms with Crippen molar-refractivity contribution >= 4 is 17.5 Å². The zero-order chi connectivity index (χ0) is 13.2. The number of halogens is 1. The van der Waals surface area contributed by atoms with Crippen molar-refractivity contribution in [3.8, 4) is 17.0 Å². The first-order valence-corrected chi connectivity index (χ1v) is 6.75. The van der Waals surface area contributed by atoms with Gasteiger partial charge in [0.15, 0.2) is 0 Å². The molecule has 1 aromatic carbocycles. The van der Waals surface area contributed by atoms with Crippen molar-refractivity contribution in [2.45, 2.75) is 19.3 Å². The summed E-state index contributed by atoms with van der Waals surface area (Å²) in [7, 11) is 0. The van der Waals surface area contributed by atoms with Gasteiger partial charge < -0.3 is 15.0 Å². The molecular formula is C14H15ClN2O2. The van der Waals surface area contributed by atoms with Crippen LogP contribution in [0.1, 0.15) is 19.3 Å². The number of nitrogens with zero attached hydrogens (tertiary/aromatic N) is 1. The molecule has 0 atom stereocenters. The molecule has 5 heteroatoms. The summed E-state index contributed by atoms with van der Waals surface area (Å²) in [6.07, 6.45) is 3.81. The Bertz CT molecular complexity index is 579. The van der Waals surface area contributed by atoms with Gasteiger partial charge in [0.25, 0.3) is 0 Å². The van der Waals surface area contributed by atoms with Crippen molar-refractivity contribution in [1.82, 2.24) is 5.16 Å². The van der Waals surface area contributed by atoms with E-state index in [1.165, 1.54) is 19.3 Å². The third-order valence-corrected chi connectivity index (χ3v) is 3.68. The molecule has 100 valence electrons. The normalized spacial score (nSPS) is 15.2. The molecule has 0 saturated heterocycles. The van der Waals surface area contributed by atoms with E-state index >= 15 is 0 Å². The summed E-state index contributed by atoms with van der Waals surface area (Å²) >= 11 is 6.03. The highest BCUT2D eigenvalue weighted by atomic mass is 35.5. The van der Waals surface area contributed by atoms with Crippen molar-refractivity contribution in [3.05, 3.63) is 29.3 Å². The molecule has 3 rings (SSSR count). The fraction of sp³-hybridized carbons (Fsp3) is 0.357. The molecule has 1 aliphatic carbocycles. The summed E-state index contributed by atoms with van der Waals surface area (Å²) in [6, 6.07) is 7.16. The molecule has 0 radical (unpaired) electrons. The van der Waals surface area contributed by atoms with Crippen LogP contribution in [0.25, 0.3) is 11.3 Å². The van der Waals surface area contributed by atoms with Gasteiger partial charge in [-0.25, -0.2) is 0 Å². The maximum atomic E-state index is 6.03. The standard InChI is InChI=1S/C14H15ClN2O2/c15-10-4-5-13(18-8-9-2-1-3-9)11(6-10)12-7-14(16)19-17-12/h4-7,9H,1-3,8,16H2. The van der Waals surface area contributed by atoms with Gasteiger partial charge in [-0.1, -0.05) is 23.2 Å². The quantitative estimate of drug-likeness (QED) is 0.925. The van der Waals surface area contributed by atoms with Crippen LogP contribution < -0.4 is 10.5 Å². The first-order valence-electron chi connectivity index (χ1n) is 6.37. The molecule has 0 unspecified atom stereocenters. The van der Waals surface area contributed by atoms with Crippen molar-refractivity contribution < 1.29 is 9.26 Å². The molecule has 1 aliphatic rings. The second-order valence-electron chi connectivity index (χ2n) is 4.86. The number of nitrogens with two attached hydrogens (primary N) is 1. The lowest BCUT2D eigenvalue weighted by Crippen LogP contribution is -2.19. The monoisotopic (exact) mass is 278 g/mol. The van der Waals surface area contributed by atoms with Crippen LogP contribution in [0, 0.1) is 5.92 Å². The molecule has 1 aromatic heterocycles.